The molecule has 4 aromatic rings. The van der Waals surface area contributed by atoms with Crippen LogP contribution in [0.25, 0.3) is 0 Å². The molecular weight excluding hydrogens is 1150 g/mol. The van der Waals surface area contributed by atoms with Gasteiger partial charge in [-0.2, -0.15) is 0 Å². The van der Waals surface area contributed by atoms with Crippen molar-refractivity contribution in [1.82, 2.24) is 26.6 Å². The number of primary amides is 3. The molecule has 21 N–H and O–H groups in total. The molecule has 0 aromatic heterocycles. The summed E-state index contributed by atoms with van der Waals surface area (Å²) in [5, 5.41) is 13.2. The van der Waals surface area contributed by atoms with Crippen LogP contribution in [0.5, 0.6) is 23.0 Å². The highest BCUT2D eigenvalue weighted by Gasteiger charge is 2.29. The van der Waals surface area contributed by atoms with Crippen molar-refractivity contribution >= 4 is 70.7 Å². The normalized spacial score (nSPS) is 12.1. The summed E-state index contributed by atoms with van der Waals surface area (Å²) in [6.45, 7) is 0.522. The van der Waals surface area contributed by atoms with Gasteiger partial charge in [0.05, 0.1) is 74.9 Å². The Morgan fingerprint density at radius 1 is 0.404 bits per heavy atom. The number of amides is 8. The first-order valence-corrected chi connectivity index (χ1v) is 28.3. The van der Waals surface area contributed by atoms with Crippen molar-refractivity contribution in [3.8, 4) is 23.0 Å². The first-order valence-electron chi connectivity index (χ1n) is 28.3. The largest absolute Gasteiger partial charge is 0.496 e. The van der Waals surface area contributed by atoms with E-state index in [1.54, 1.807) is 24.3 Å². The van der Waals surface area contributed by atoms with Crippen molar-refractivity contribution in [3.63, 3.8) is 0 Å². The second-order valence-electron chi connectivity index (χ2n) is 20.5. The first-order chi connectivity index (χ1) is 42.4. The number of nitrogens with one attached hydrogen (secondary N) is 5. The molecule has 8 amide bonds. The monoisotopic (exact) mass is 1240 g/mol. The molecule has 29 nitrogen and oxygen atoms in total. The lowest BCUT2D eigenvalue weighted by atomic mass is 9.96. The van der Waals surface area contributed by atoms with Crippen LogP contribution in [0, 0.1) is 0 Å². The fraction of sp³-hybridized carbons (Fsp3) is 0.400. The number of urea groups is 2. The highest BCUT2D eigenvalue weighted by molar-refractivity contribution is 6.04. The maximum absolute atomic E-state index is 14.4. The van der Waals surface area contributed by atoms with Gasteiger partial charge in [-0.05, 0) is 122 Å². The van der Waals surface area contributed by atoms with Gasteiger partial charge < -0.3 is 91.4 Å². The molecule has 0 unspecified atom stereocenters. The van der Waals surface area contributed by atoms with Gasteiger partial charge in [0.15, 0.2) is 35.1 Å². The molecule has 0 bridgehead atoms. The van der Waals surface area contributed by atoms with Crippen LogP contribution in [0.2, 0.25) is 0 Å². The third-order valence-electron chi connectivity index (χ3n) is 13.9. The predicted molar refractivity (Wildman–Crippen MR) is 331 cm³/mol. The molecule has 0 spiro atoms. The van der Waals surface area contributed by atoms with Crippen LogP contribution in [0.4, 0.5) is 9.59 Å². The number of carbonyl (C=O) groups excluding carboxylic acids is 10. The fourth-order valence-electron chi connectivity index (χ4n) is 9.36. The molecule has 0 heterocycles. The molecular formula is C60H81N15O14. The first kappa shape index (κ1) is 71.2. The lowest BCUT2D eigenvalue weighted by molar-refractivity contribution is -0.121. The van der Waals surface area contributed by atoms with E-state index in [2.05, 4.69) is 36.6 Å². The number of nitrogens with zero attached hydrogens (tertiary/aromatic N) is 2. The summed E-state index contributed by atoms with van der Waals surface area (Å²) in [4.78, 5) is 141. The number of hydrogen-bond donors (Lipinski definition) is 13. The second kappa shape index (κ2) is 36.0. The van der Waals surface area contributed by atoms with Crippen LogP contribution < -0.4 is 91.4 Å². The Bertz CT molecular complexity index is 3260. The number of guanidine groups is 2. The minimum absolute atomic E-state index is 0.00994. The number of ether oxygens (including phenoxy) is 4. The van der Waals surface area contributed by atoms with E-state index in [1.165, 1.54) is 77.0 Å². The van der Waals surface area contributed by atoms with Crippen LogP contribution in [-0.2, 0) is 44.9 Å². The Labute approximate surface area is 514 Å². The van der Waals surface area contributed by atoms with Crippen LogP contribution in [0.3, 0.4) is 0 Å². The maximum Gasteiger partial charge on any atom is 0.312 e. The number of nitrogens with two attached hydrogens (primary N) is 8. The molecule has 480 valence electrons. The molecule has 0 saturated carbocycles. The van der Waals surface area contributed by atoms with E-state index in [-0.39, 0.29) is 160 Å². The predicted octanol–water partition coefficient (Wildman–Crippen LogP) is -0.00640. The van der Waals surface area contributed by atoms with E-state index in [1.807, 2.05) is 0 Å². The molecule has 4 atom stereocenters. The average Bonchev–Trinajstić information content (AvgIpc) is 2.33. The lowest BCUT2D eigenvalue weighted by Gasteiger charge is -2.21. The maximum atomic E-state index is 14.4. The van der Waals surface area contributed by atoms with E-state index in [0.29, 0.717) is 28.7 Å². The Morgan fingerprint density at radius 3 is 1.00 bits per heavy atom. The van der Waals surface area contributed by atoms with Gasteiger partial charge in [-0.25, -0.2) is 9.59 Å². The van der Waals surface area contributed by atoms with Crippen LogP contribution >= 0.6 is 0 Å². The van der Waals surface area contributed by atoms with Crippen molar-refractivity contribution < 1.29 is 66.9 Å². The number of Topliss-reactive ketones (excluding diaryl/α,β-unsaturated/α-hetero) is 4. The molecule has 0 radical (unpaired) electrons. The summed E-state index contributed by atoms with van der Waals surface area (Å²) in [5.41, 5.74) is 45.7. The standard InChI is InChI=1S/C60H81N15O14/c1-86-49-17-13-33(25-37(49)53(62)80)30-46(77)42(10-6-21-69-57(63)64)73-55(82)39-28-36(16-20-51(39)88-3)32-48(79)44(12-8-24-72-60(68)85)75-56(83)40-27-35(15-19-52(40)89-4)31-47(78)43(11-7-22-70-58(65)66)74-54(81)38-26-34(14-18-50(38)87-2)29-45(76)41(61)9-5-23-71-59(67)84/h13-20,25-28,41-44H,5-12,21-24,29-32,61H2,1-4H3,(H2,62,80)(H,73,82)(H,74,81)(H,75,83)(H4,63,64,69)(H4,65,66,70)(H3,67,71,84)(H3,68,72,85)/t41-,42-,43-,44-/m1/s1. The van der Waals surface area contributed by atoms with Gasteiger partial charge in [0.25, 0.3) is 23.6 Å². The van der Waals surface area contributed by atoms with Crippen molar-refractivity contribution in [2.45, 2.75) is 101 Å². The number of rotatable bonds is 39. The van der Waals surface area contributed by atoms with Crippen molar-refractivity contribution in [3.05, 3.63) is 117 Å². The van der Waals surface area contributed by atoms with Gasteiger partial charge in [0.1, 0.15) is 23.0 Å². The van der Waals surface area contributed by atoms with E-state index in [9.17, 15) is 47.9 Å². The van der Waals surface area contributed by atoms with Crippen molar-refractivity contribution in [2.75, 3.05) is 54.6 Å². The van der Waals surface area contributed by atoms with E-state index in [4.69, 9.17) is 64.8 Å². The molecule has 0 fully saturated rings. The highest BCUT2D eigenvalue weighted by Crippen LogP contribution is 2.26. The number of methoxy groups -OCH3 is 4. The SMILES string of the molecule is COc1ccc(CC(=O)[C@@H](CCCN=C(N)N)NC(=O)c2cc(CC(=O)[C@@H](CCCNC(N)=O)NC(=O)c3cc(CC(=O)[C@@H](CCCN=C(N)N)NC(=O)c4cc(CC(=O)[C@H](N)CCCNC(N)=O)ccc4OC)ccc3OC)ccc2OC)cc1C(N)=O. The van der Waals surface area contributed by atoms with Crippen LogP contribution in [0.1, 0.15) is 115 Å². The summed E-state index contributed by atoms with van der Waals surface area (Å²) in [7, 11) is 5.37. The summed E-state index contributed by atoms with van der Waals surface area (Å²) in [6, 6.07) is 12.1. The average molecular weight is 1240 g/mol. The third-order valence-corrected chi connectivity index (χ3v) is 13.9. The molecule has 4 aromatic carbocycles. The van der Waals surface area contributed by atoms with E-state index >= 15 is 0 Å². The summed E-state index contributed by atoms with van der Waals surface area (Å²) < 4.78 is 21.8. The summed E-state index contributed by atoms with van der Waals surface area (Å²) in [5.74, 6) is -4.57. The molecule has 89 heavy (non-hydrogen) atoms. The third kappa shape index (κ3) is 23.5. The van der Waals surface area contributed by atoms with E-state index in [0.717, 1.165) is 0 Å². The highest BCUT2D eigenvalue weighted by atomic mass is 16.5. The van der Waals surface area contributed by atoms with E-state index < -0.39 is 77.2 Å². The van der Waals surface area contributed by atoms with Gasteiger partial charge in [-0.15, -0.1) is 0 Å². The summed E-state index contributed by atoms with van der Waals surface area (Å²) >= 11 is 0. The Kier molecular flexibility index (Phi) is 28.8. The molecule has 0 saturated heterocycles. The topological polar surface area (TPSA) is 501 Å². The van der Waals surface area contributed by atoms with Crippen molar-refractivity contribution in [2.24, 2.45) is 55.9 Å². The van der Waals surface area contributed by atoms with Gasteiger partial charge in [0.2, 0.25) is 0 Å². The molecule has 0 aliphatic heterocycles. The Hall–Kier alpha value is -10.3. The lowest BCUT2D eigenvalue weighted by Crippen LogP contribution is -2.43. The van der Waals surface area contributed by atoms with Crippen molar-refractivity contribution in [1.29, 1.82) is 0 Å². The van der Waals surface area contributed by atoms with Crippen LogP contribution in [0.15, 0.2) is 82.8 Å². The number of benzene rings is 4. The van der Waals surface area contributed by atoms with Gasteiger partial charge in [-0.3, -0.25) is 48.3 Å². The smallest absolute Gasteiger partial charge is 0.312 e. The van der Waals surface area contributed by atoms with Gasteiger partial charge >= 0.3 is 12.1 Å². The van der Waals surface area contributed by atoms with Gasteiger partial charge in [0, 0.05) is 51.9 Å². The Balaban J connectivity index is 1.60. The zero-order valence-electron chi connectivity index (χ0n) is 50.3. The zero-order chi connectivity index (χ0) is 65.7. The molecule has 29 heteroatoms. The molecule has 0 aliphatic carbocycles. The molecule has 0 aliphatic rings. The quantitative estimate of drug-likeness (QED) is 0.0159. The minimum Gasteiger partial charge on any atom is -0.496 e. The second-order valence-corrected chi connectivity index (χ2v) is 20.5. The zero-order valence-corrected chi connectivity index (χ0v) is 50.3. The fourth-order valence-corrected chi connectivity index (χ4v) is 9.36. The Morgan fingerprint density at radius 2 is 0.697 bits per heavy atom. The number of hydrogen-bond acceptors (Lipinski definition) is 17. The van der Waals surface area contributed by atoms with Gasteiger partial charge in [-0.1, -0.05) is 24.3 Å². The summed E-state index contributed by atoms with van der Waals surface area (Å²) in [6.07, 6.45) is 0.477. The molecule has 4 rings (SSSR count). The number of ketones is 4. The van der Waals surface area contributed by atoms with Crippen LogP contribution in [-0.4, -0.2) is 150 Å². The minimum atomic E-state index is -1.22. The number of aliphatic imine (C=N–C) groups is 2. The number of carbonyl (C=O) groups is 10.